The molecule has 0 bridgehead atoms. The lowest BCUT2D eigenvalue weighted by molar-refractivity contribution is -0.128. The van der Waals surface area contributed by atoms with Crippen molar-refractivity contribution in [2.75, 3.05) is 0 Å². The Morgan fingerprint density at radius 1 is 1.26 bits per heavy atom. The fourth-order valence-electron chi connectivity index (χ4n) is 2.53. The predicted octanol–water partition coefficient (Wildman–Crippen LogP) is 4.17. The second-order valence-electron chi connectivity index (χ2n) is 6.07. The molecule has 0 saturated heterocycles. The van der Waals surface area contributed by atoms with E-state index in [1.54, 1.807) is 24.3 Å². The first-order valence-electron chi connectivity index (χ1n) is 8.64. The smallest absolute Gasteiger partial charge is 0.261 e. The van der Waals surface area contributed by atoms with Crippen LogP contribution in [0.1, 0.15) is 24.8 Å². The minimum atomic E-state index is -0.636. The Labute approximate surface area is 162 Å². The zero-order valence-electron chi connectivity index (χ0n) is 15.1. The minimum Gasteiger partial charge on any atom is -0.481 e. The number of carbonyl (C=O) groups is 1. The molecule has 7 heteroatoms. The van der Waals surface area contributed by atoms with Crippen LogP contribution in [0.2, 0.25) is 5.02 Å². The normalized spacial score (nSPS) is 11.8. The maximum atomic E-state index is 12.4. The van der Waals surface area contributed by atoms with Crippen LogP contribution in [-0.2, 0) is 11.3 Å². The molecule has 0 saturated carbocycles. The number of amides is 1. The van der Waals surface area contributed by atoms with E-state index in [0.717, 1.165) is 11.1 Å². The third kappa shape index (κ3) is 5.08. The molecular formula is C20H20ClN3O3. The molecule has 1 heterocycles. The highest BCUT2D eigenvalue weighted by molar-refractivity contribution is 6.30. The summed E-state index contributed by atoms with van der Waals surface area (Å²) in [6.45, 7) is 4.00. The fourth-order valence-corrected chi connectivity index (χ4v) is 2.71. The molecule has 3 aromatic rings. The average Bonchev–Trinajstić information content (AvgIpc) is 3.13. The summed E-state index contributed by atoms with van der Waals surface area (Å²) in [7, 11) is 0. The maximum absolute atomic E-state index is 12.4. The second-order valence-corrected chi connectivity index (χ2v) is 6.51. The van der Waals surface area contributed by atoms with Crippen molar-refractivity contribution < 1.29 is 14.1 Å². The summed E-state index contributed by atoms with van der Waals surface area (Å²) in [5.41, 5.74) is 1.98. The fraction of sp³-hybridized carbons (Fsp3) is 0.250. The van der Waals surface area contributed by atoms with Gasteiger partial charge in [-0.05, 0) is 37.6 Å². The van der Waals surface area contributed by atoms with E-state index in [9.17, 15) is 4.79 Å². The third-order valence-electron chi connectivity index (χ3n) is 3.90. The highest BCUT2D eigenvalue weighted by Crippen LogP contribution is 2.19. The molecule has 1 N–H and O–H groups in total. The lowest BCUT2D eigenvalue weighted by Gasteiger charge is -2.16. The highest BCUT2D eigenvalue weighted by atomic mass is 35.5. The predicted molar refractivity (Wildman–Crippen MR) is 102 cm³/mol. The zero-order valence-corrected chi connectivity index (χ0v) is 15.9. The van der Waals surface area contributed by atoms with Gasteiger partial charge in [0.15, 0.2) is 6.10 Å². The third-order valence-corrected chi connectivity index (χ3v) is 4.13. The van der Waals surface area contributed by atoms with Gasteiger partial charge in [0, 0.05) is 10.6 Å². The topological polar surface area (TPSA) is 77.2 Å². The van der Waals surface area contributed by atoms with Gasteiger partial charge in [-0.15, -0.1) is 0 Å². The van der Waals surface area contributed by atoms with Gasteiger partial charge in [0.05, 0.1) is 6.54 Å². The molecule has 0 aliphatic rings. The van der Waals surface area contributed by atoms with Gasteiger partial charge >= 0.3 is 0 Å². The minimum absolute atomic E-state index is 0.132. The summed E-state index contributed by atoms with van der Waals surface area (Å²) in [5.74, 6) is 1.11. The van der Waals surface area contributed by atoms with Gasteiger partial charge in [-0.1, -0.05) is 53.5 Å². The number of rotatable bonds is 7. The number of benzene rings is 2. The molecule has 2 aromatic carbocycles. The van der Waals surface area contributed by atoms with E-state index < -0.39 is 6.10 Å². The Morgan fingerprint density at radius 2 is 2.07 bits per heavy atom. The van der Waals surface area contributed by atoms with Crippen molar-refractivity contribution >= 4 is 17.5 Å². The van der Waals surface area contributed by atoms with E-state index in [4.69, 9.17) is 20.9 Å². The van der Waals surface area contributed by atoms with Crippen molar-refractivity contribution in [2.24, 2.45) is 0 Å². The van der Waals surface area contributed by atoms with E-state index in [1.807, 2.05) is 38.1 Å². The largest absolute Gasteiger partial charge is 0.481 e. The SMILES string of the molecule is CC[C@H](Oc1cccc(Cl)c1)C(=O)NCc1nc(-c2cccc(C)c2)no1. The van der Waals surface area contributed by atoms with Crippen LogP contribution < -0.4 is 10.1 Å². The first-order valence-corrected chi connectivity index (χ1v) is 9.02. The summed E-state index contributed by atoms with van der Waals surface area (Å²) in [5, 5.41) is 7.29. The van der Waals surface area contributed by atoms with E-state index in [-0.39, 0.29) is 12.5 Å². The number of ether oxygens (including phenoxy) is 1. The summed E-state index contributed by atoms with van der Waals surface area (Å²) in [6.07, 6.45) is -0.126. The highest BCUT2D eigenvalue weighted by Gasteiger charge is 2.19. The number of nitrogens with zero attached hydrogens (tertiary/aromatic N) is 2. The Morgan fingerprint density at radius 3 is 2.81 bits per heavy atom. The van der Waals surface area contributed by atoms with Gasteiger partial charge in [0.25, 0.3) is 5.91 Å². The van der Waals surface area contributed by atoms with Crippen molar-refractivity contribution in [3.8, 4) is 17.1 Å². The first kappa shape index (κ1) is 18.9. The van der Waals surface area contributed by atoms with Crippen molar-refractivity contribution in [1.29, 1.82) is 0 Å². The molecule has 140 valence electrons. The molecule has 1 amide bonds. The molecular weight excluding hydrogens is 366 g/mol. The van der Waals surface area contributed by atoms with Crippen LogP contribution in [0.5, 0.6) is 5.75 Å². The molecule has 6 nitrogen and oxygen atoms in total. The standard InChI is InChI=1S/C20H20ClN3O3/c1-3-17(26-16-9-5-8-15(21)11-16)20(25)22-12-18-23-19(24-27-18)14-7-4-6-13(2)10-14/h4-11,17H,3,12H2,1-2H3,(H,22,25)/t17-/m0/s1. The molecule has 0 fully saturated rings. The lowest BCUT2D eigenvalue weighted by Crippen LogP contribution is -2.37. The molecule has 1 atom stereocenters. The van der Waals surface area contributed by atoms with Crippen LogP contribution in [0.25, 0.3) is 11.4 Å². The molecule has 0 aliphatic heterocycles. The second kappa shape index (κ2) is 8.68. The molecule has 1 aromatic heterocycles. The van der Waals surface area contributed by atoms with Gasteiger partial charge in [-0.3, -0.25) is 4.79 Å². The Hall–Kier alpha value is -2.86. The van der Waals surface area contributed by atoms with Crippen LogP contribution in [0.4, 0.5) is 0 Å². The number of carbonyl (C=O) groups excluding carboxylic acids is 1. The number of aryl methyl sites for hydroxylation is 1. The van der Waals surface area contributed by atoms with Gasteiger partial charge in [0.1, 0.15) is 5.75 Å². The van der Waals surface area contributed by atoms with Gasteiger partial charge < -0.3 is 14.6 Å². The van der Waals surface area contributed by atoms with Crippen molar-refractivity contribution in [3.05, 3.63) is 65.0 Å². The molecule has 0 unspecified atom stereocenters. The van der Waals surface area contributed by atoms with Crippen LogP contribution in [0.15, 0.2) is 53.1 Å². The van der Waals surface area contributed by atoms with Crippen LogP contribution in [0.3, 0.4) is 0 Å². The Kier molecular flexibility index (Phi) is 6.08. The van der Waals surface area contributed by atoms with E-state index >= 15 is 0 Å². The van der Waals surface area contributed by atoms with Crippen molar-refractivity contribution in [2.45, 2.75) is 32.9 Å². The lowest BCUT2D eigenvalue weighted by atomic mass is 10.1. The molecule has 0 spiro atoms. The molecule has 0 aliphatic carbocycles. The van der Waals surface area contributed by atoms with Crippen LogP contribution >= 0.6 is 11.6 Å². The Balaban J connectivity index is 1.59. The summed E-state index contributed by atoms with van der Waals surface area (Å²) in [6, 6.07) is 14.8. The zero-order chi connectivity index (χ0) is 19.2. The number of aromatic nitrogens is 2. The van der Waals surface area contributed by atoms with Crippen molar-refractivity contribution in [1.82, 2.24) is 15.5 Å². The molecule has 0 radical (unpaired) electrons. The average molecular weight is 386 g/mol. The van der Waals surface area contributed by atoms with E-state index in [1.165, 1.54) is 0 Å². The van der Waals surface area contributed by atoms with Crippen LogP contribution in [0, 0.1) is 6.92 Å². The first-order chi connectivity index (χ1) is 13.0. The number of hydrogen-bond acceptors (Lipinski definition) is 5. The molecule has 3 rings (SSSR count). The Bertz CT molecular complexity index is 926. The van der Waals surface area contributed by atoms with E-state index in [2.05, 4.69) is 15.5 Å². The number of halogens is 1. The van der Waals surface area contributed by atoms with Crippen molar-refractivity contribution in [3.63, 3.8) is 0 Å². The van der Waals surface area contributed by atoms with E-state index in [0.29, 0.717) is 28.9 Å². The molecule has 27 heavy (non-hydrogen) atoms. The number of hydrogen-bond donors (Lipinski definition) is 1. The van der Waals surface area contributed by atoms with Gasteiger partial charge in [0.2, 0.25) is 11.7 Å². The monoisotopic (exact) mass is 385 g/mol. The van der Waals surface area contributed by atoms with Crippen LogP contribution in [-0.4, -0.2) is 22.2 Å². The number of nitrogens with one attached hydrogen (secondary N) is 1. The summed E-state index contributed by atoms with van der Waals surface area (Å²) < 4.78 is 10.9. The maximum Gasteiger partial charge on any atom is 0.261 e. The van der Waals surface area contributed by atoms with Gasteiger partial charge in [-0.25, -0.2) is 0 Å². The quantitative estimate of drug-likeness (QED) is 0.660. The summed E-state index contributed by atoms with van der Waals surface area (Å²) >= 11 is 5.95. The van der Waals surface area contributed by atoms with Gasteiger partial charge in [-0.2, -0.15) is 4.98 Å². The summed E-state index contributed by atoms with van der Waals surface area (Å²) in [4.78, 5) is 16.7.